The fourth-order valence-electron chi connectivity index (χ4n) is 1.92. The lowest BCUT2D eigenvalue weighted by molar-refractivity contribution is -0.124. The van der Waals surface area contributed by atoms with Crippen molar-refractivity contribution in [2.45, 2.75) is 0 Å². The van der Waals surface area contributed by atoms with Crippen LogP contribution in [0.25, 0.3) is 11.1 Å². The highest BCUT2D eigenvalue weighted by atomic mass is 16.3. The zero-order chi connectivity index (χ0) is 13.6. The number of imide groups is 2. The smallest absolute Gasteiger partial charge is 0.262 e. The molecule has 19 heavy (non-hydrogen) atoms. The van der Waals surface area contributed by atoms with Crippen LogP contribution >= 0.6 is 0 Å². The minimum Gasteiger partial charge on any atom is -0.463 e. The minimum atomic E-state index is -0.605. The maximum absolute atomic E-state index is 11.6. The van der Waals surface area contributed by atoms with Crippen molar-refractivity contribution in [2.75, 3.05) is 0 Å². The van der Waals surface area contributed by atoms with Crippen LogP contribution < -0.4 is 10.6 Å². The molecule has 0 bridgehead atoms. The van der Waals surface area contributed by atoms with Gasteiger partial charge in [-0.25, -0.2) is 0 Å². The highest BCUT2D eigenvalue weighted by Gasteiger charge is 2.31. The zero-order valence-corrected chi connectivity index (χ0v) is 9.35. The topological polar surface area (TPSA) is 105 Å². The molecule has 0 aromatic carbocycles. The number of hydrogen-bond acceptors (Lipinski definition) is 5. The second kappa shape index (κ2) is 3.77. The van der Waals surface area contributed by atoms with Gasteiger partial charge in [0.05, 0.1) is 17.4 Å². The van der Waals surface area contributed by atoms with Gasteiger partial charge >= 0.3 is 0 Å². The summed E-state index contributed by atoms with van der Waals surface area (Å²) in [7, 11) is 0. The summed E-state index contributed by atoms with van der Waals surface area (Å²) in [5, 5.41) is 4.17. The minimum absolute atomic E-state index is 0.0260. The molecule has 0 atom stereocenters. The van der Waals surface area contributed by atoms with Crippen LogP contribution in [0.1, 0.15) is 11.3 Å². The van der Waals surface area contributed by atoms with Crippen molar-refractivity contribution in [3.05, 3.63) is 35.8 Å². The second-order valence-electron chi connectivity index (χ2n) is 3.92. The zero-order valence-electron chi connectivity index (χ0n) is 9.35. The van der Waals surface area contributed by atoms with Crippen molar-refractivity contribution >= 4 is 34.8 Å². The molecule has 0 saturated carbocycles. The van der Waals surface area contributed by atoms with Crippen molar-refractivity contribution in [1.29, 1.82) is 0 Å². The number of carbonyl (C=O) groups excluding carboxylic acids is 4. The summed E-state index contributed by atoms with van der Waals surface area (Å²) in [6.07, 6.45) is 3.48. The van der Waals surface area contributed by atoms with E-state index in [-0.39, 0.29) is 16.9 Å². The lowest BCUT2D eigenvalue weighted by atomic mass is 10.0. The van der Waals surface area contributed by atoms with E-state index in [2.05, 4.69) is 10.6 Å². The molecule has 4 amide bonds. The van der Waals surface area contributed by atoms with E-state index in [9.17, 15) is 19.2 Å². The van der Waals surface area contributed by atoms with Crippen molar-refractivity contribution in [3.63, 3.8) is 0 Å². The molecule has 7 nitrogen and oxygen atoms in total. The van der Waals surface area contributed by atoms with Crippen LogP contribution in [0, 0.1) is 0 Å². The Morgan fingerprint density at radius 1 is 0.842 bits per heavy atom. The molecule has 0 aliphatic carbocycles. The monoisotopic (exact) mass is 258 g/mol. The molecule has 3 rings (SSSR count). The van der Waals surface area contributed by atoms with Crippen LogP contribution in [0.3, 0.4) is 0 Å². The highest BCUT2D eigenvalue weighted by Crippen LogP contribution is 2.29. The molecule has 0 unspecified atom stereocenters. The van der Waals surface area contributed by atoms with E-state index in [0.29, 0.717) is 5.56 Å². The van der Waals surface area contributed by atoms with Gasteiger partial charge in [0.2, 0.25) is 0 Å². The first-order valence-corrected chi connectivity index (χ1v) is 5.28. The summed E-state index contributed by atoms with van der Waals surface area (Å²) in [5.41, 5.74) is 0.416. The van der Waals surface area contributed by atoms with E-state index >= 15 is 0 Å². The molecule has 3 heterocycles. The summed E-state index contributed by atoms with van der Waals surface area (Å²) < 4.78 is 5.15. The second-order valence-corrected chi connectivity index (χ2v) is 3.92. The Hall–Kier alpha value is -2.96. The molecular weight excluding hydrogens is 252 g/mol. The van der Waals surface area contributed by atoms with Gasteiger partial charge in [-0.3, -0.25) is 29.8 Å². The molecule has 1 aromatic rings. The normalized spacial score (nSPS) is 18.3. The fraction of sp³-hybridized carbons (Fsp3) is 0. The average molecular weight is 258 g/mol. The fourth-order valence-corrected chi connectivity index (χ4v) is 1.92. The van der Waals surface area contributed by atoms with E-state index in [1.807, 2.05) is 0 Å². The predicted octanol–water partition coefficient (Wildman–Crippen LogP) is -0.641. The van der Waals surface area contributed by atoms with Gasteiger partial charge in [-0.1, -0.05) is 0 Å². The molecule has 2 N–H and O–H groups in total. The maximum atomic E-state index is 11.6. The van der Waals surface area contributed by atoms with Gasteiger partial charge < -0.3 is 4.42 Å². The molecule has 94 valence electrons. The third-order valence-corrected chi connectivity index (χ3v) is 2.71. The van der Waals surface area contributed by atoms with Crippen molar-refractivity contribution in [2.24, 2.45) is 0 Å². The lowest BCUT2D eigenvalue weighted by Gasteiger charge is -2.01. The van der Waals surface area contributed by atoms with Gasteiger partial charge in [0.25, 0.3) is 23.6 Å². The van der Waals surface area contributed by atoms with Crippen molar-refractivity contribution in [1.82, 2.24) is 10.6 Å². The molecule has 2 aliphatic heterocycles. The molecule has 0 spiro atoms. The van der Waals surface area contributed by atoms with Gasteiger partial charge in [0.1, 0.15) is 5.76 Å². The van der Waals surface area contributed by atoms with Gasteiger partial charge in [0.15, 0.2) is 0 Å². The third-order valence-electron chi connectivity index (χ3n) is 2.71. The molecule has 0 saturated heterocycles. The average Bonchev–Trinajstić information content (AvgIpc) is 2.98. The molecular formula is C12H6N2O5. The van der Waals surface area contributed by atoms with Gasteiger partial charge in [-0.15, -0.1) is 0 Å². The van der Waals surface area contributed by atoms with Crippen molar-refractivity contribution in [3.8, 4) is 0 Å². The Morgan fingerprint density at radius 3 is 1.95 bits per heavy atom. The summed E-state index contributed by atoms with van der Waals surface area (Å²) in [6, 6.07) is 1.45. The first-order chi connectivity index (χ1) is 9.06. The summed E-state index contributed by atoms with van der Waals surface area (Å²) in [4.78, 5) is 45.3. The predicted molar refractivity (Wildman–Crippen MR) is 61.0 cm³/mol. The van der Waals surface area contributed by atoms with E-state index in [4.69, 9.17) is 4.42 Å². The van der Waals surface area contributed by atoms with Crippen LogP contribution in [0.15, 0.2) is 28.9 Å². The number of furan rings is 1. The van der Waals surface area contributed by atoms with Crippen LogP contribution in [0.2, 0.25) is 0 Å². The summed E-state index contributed by atoms with van der Waals surface area (Å²) in [6.45, 7) is 0. The summed E-state index contributed by atoms with van der Waals surface area (Å²) in [5.74, 6) is -2.18. The number of rotatable bonds is 2. The van der Waals surface area contributed by atoms with Crippen LogP contribution in [-0.4, -0.2) is 23.6 Å². The Bertz CT molecular complexity index is 649. The van der Waals surface area contributed by atoms with Gasteiger partial charge in [0, 0.05) is 17.7 Å². The lowest BCUT2D eigenvalue weighted by Crippen LogP contribution is -2.22. The van der Waals surface area contributed by atoms with E-state index in [1.54, 1.807) is 0 Å². The van der Waals surface area contributed by atoms with Crippen molar-refractivity contribution < 1.29 is 23.6 Å². The molecule has 0 radical (unpaired) electrons. The first kappa shape index (κ1) is 11.1. The molecule has 1 aromatic heterocycles. The van der Waals surface area contributed by atoms with Crippen LogP contribution in [0.4, 0.5) is 0 Å². The third kappa shape index (κ3) is 1.68. The SMILES string of the molecule is O=C1C=C(c2ccoc2C2=CC(=O)NC2=O)C(=O)N1. The highest BCUT2D eigenvalue weighted by molar-refractivity contribution is 6.37. The largest absolute Gasteiger partial charge is 0.463 e. The Morgan fingerprint density at radius 2 is 1.42 bits per heavy atom. The van der Waals surface area contributed by atoms with Gasteiger partial charge in [-0.2, -0.15) is 0 Å². The van der Waals surface area contributed by atoms with E-state index < -0.39 is 23.6 Å². The Labute approximate surface area is 106 Å². The number of hydrogen-bond donors (Lipinski definition) is 2. The summed E-state index contributed by atoms with van der Waals surface area (Å²) >= 11 is 0. The van der Waals surface area contributed by atoms with Crippen LogP contribution in [-0.2, 0) is 19.2 Å². The molecule has 7 heteroatoms. The number of carbonyl (C=O) groups is 4. The Kier molecular flexibility index (Phi) is 2.21. The molecule has 0 fully saturated rings. The van der Waals surface area contributed by atoms with Gasteiger partial charge in [-0.05, 0) is 6.07 Å². The number of amides is 4. The van der Waals surface area contributed by atoms with E-state index in [1.165, 1.54) is 12.3 Å². The quantitative estimate of drug-likeness (QED) is 0.686. The maximum Gasteiger partial charge on any atom is 0.262 e. The molecule has 2 aliphatic rings. The number of nitrogens with one attached hydrogen (secondary N) is 2. The first-order valence-electron chi connectivity index (χ1n) is 5.28. The Balaban J connectivity index is 2.10. The standard InChI is InChI=1S/C12H6N2O5/c15-8-3-6(11(17)13-8)5-1-2-19-10(5)7-4-9(16)14-12(7)18/h1-4H,(H,13,15,17)(H,14,16,18). The van der Waals surface area contributed by atoms with Crippen LogP contribution in [0.5, 0.6) is 0 Å². The van der Waals surface area contributed by atoms with E-state index in [0.717, 1.165) is 12.2 Å².